The Bertz CT molecular complexity index is 257. The molecule has 0 aliphatic carbocycles. The molecule has 0 bridgehead atoms. The number of fused-ring (bicyclic) bond motifs is 1. The van der Waals surface area contributed by atoms with Gasteiger partial charge < -0.3 is 4.90 Å². The summed E-state index contributed by atoms with van der Waals surface area (Å²) in [6, 6.07) is -0.146. The molecule has 2 aliphatic heterocycles. The number of carbonyl (C=O) groups excluding carboxylic acids is 2. The van der Waals surface area contributed by atoms with Crippen molar-refractivity contribution in [3.8, 4) is 0 Å². The molecule has 2 aliphatic rings. The fraction of sp³-hybridized carbons (Fsp3) is 0.750. The number of nitrogens with zero attached hydrogens (tertiary/aromatic N) is 1. The predicted octanol–water partition coefficient (Wildman–Crippen LogP) is 0.797. The zero-order chi connectivity index (χ0) is 9.42. The van der Waals surface area contributed by atoms with Crippen LogP contribution < -0.4 is 0 Å². The van der Waals surface area contributed by atoms with E-state index >= 15 is 0 Å². The van der Waals surface area contributed by atoms with Gasteiger partial charge in [0.05, 0.1) is 5.88 Å². The average molecular weight is 217 g/mol. The summed E-state index contributed by atoms with van der Waals surface area (Å²) in [4.78, 5) is 25.0. The van der Waals surface area contributed by atoms with Crippen molar-refractivity contribution in [2.75, 3.05) is 17.4 Å². The Balaban J connectivity index is 2.24. The van der Waals surface area contributed by atoms with E-state index in [0.29, 0.717) is 11.6 Å². The number of carbonyl (C=O) groups is 2. The van der Waals surface area contributed by atoms with Crippen LogP contribution in [-0.2, 0) is 9.59 Å². The van der Waals surface area contributed by atoms with Crippen molar-refractivity contribution in [3.63, 3.8) is 0 Å². The highest BCUT2D eigenvalue weighted by atomic mass is 32.2. The Kier molecular flexibility index (Phi) is 2.55. The minimum atomic E-state index is -0.146. The molecule has 0 saturated carbocycles. The molecule has 0 spiro atoms. The van der Waals surface area contributed by atoms with E-state index in [1.165, 1.54) is 11.8 Å². The smallest absolute Gasteiger partial charge is 0.227 e. The lowest BCUT2D eigenvalue weighted by molar-refractivity contribution is -0.136. The molecule has 0 aromatic carbocycles. The van der Waals surface area contributed by atoms with Crippen LogP contribution in [0.3, 0.4) is 0 Å². The van der Waals surface area contributed by atoms with Gasteiger partial charge in [-0.2, -0.15) is 0 Å². The fourth-order valence-corrected chi connectivity index (χ4v) is 3.74. The first-order valence-electron chi connectivity index (χ1n) is 4.25. The molecule has 13 heavy (non-hydrogen) atoms. The summed E-state index contributed by atoms with van der Waals surface area (Å²) in [6.07, 6.45) is 0. The van der Waals surface area contributed by atoms with Crippen LogP contribution in [0.15, 0.2) is 0 Å². The zero-order valence-corrected chi connectivity index (χ0v) is 8.99. The second kappa shape index (κ2) is 3.53. The summed E-state index contributed by atoms with van der Waals surface area (Å²) >= 11 is 2.98. The zero-order valence-electron chi connectivity index (χ0n) is 7.36. The monoisotopic (exact) mass is 217 g/mol. The molecule has 2 fully saturated rings. The summed E-state index contributed by atoms with van der Waals surface area (Å²) in [5, 5.41) is 0.169. The van der Waals surface area contributed by atoms with Crippen LogP contribution in [-0.4, -0.2) is 39.3 Å². The Morgan fingerprint density at radius 1 is 1.38 bits per heavy atom. The van der Waals surface area contributed by atoms with Gasteiger partial charge in [-0.3, -0.25) is 9.59 Å². The highest BCUT2D eigenvalue weighted by Crippen LogP contribution is 2.30. The van der Waals surface area contributed by atoms with Gasteiger partial charge in [-0.25, -0.2) is 0 Å². The van der Waals surface area contributed by atoms with E-state index in [2.05, 4.69) is 0 Å². The second-order valence-electron chi connectivity index (χ2n) is 3.35. The van der Waals surface area contributed by atoms with Crippen molar-refractivity contribution in [3.05, 3.63) is 0 Å². The van der Waals surface area contributed by atoms with Gasteiger partial charge in [0, 0.05) is 17.4 Å². The van der Waals surface area contributed by atoms with Gasteiger partial charge in [0.25, 0.3) is 0 Å². The molecule has 0 radical (unpaired) electrons. The van der Waals surface area contributed by atoms with Crippen molar-refractivity contribution < 1.29 is 9.59 Å². The van der Waals surface area contributed by atoms with Gasteiger partial charge in [-0.05, 0) is 0 Å². The van der Waals surface area contributed by atoms with Crippen molar-refractivity contribution in [2.45, 2.75) is 13.0 Å². The van der Waals surface area contributed by atoms with Crippen molar-refractivity contribution in [1.82, 2.24) is 4.90 Å². The van der Waals surface area contributed by atoms with Gasteiger partial charge in [-0.1, -0.05) is 18.7 Å². The molecule has 5 heteroatoms. The minimum absolute atomic E-state index is 0.00218. The molecule has 0 aromatic rings. The summed E-state index contributed by atoms with van der Waals surface area (Å²) in [5.41, 5.74) is 0. The maximum atomic E-state index is 11.7. The lowest BCUT2D eigenvalue weighted by Gasteiger charge is -2.20. The van der Waals surface area contributed by atoms with Crippen molar-refractivity contribution in [1.29, 1.82) is 0 Å². The molecule has 0 N–H and O–H groups in total. The lowest BCUT2D eigenvalue weighted by Crippen LogP contribution is -2.41. The van der Waals surface area contributed by atoms with Crippen LogP contribution >= 0.6 is 23.5 Å². The highest BCUT2D eigenvalue weighted by molar-refractivity contribution is 8.14. The van der Waals surface area contributed by atoms with Gasteiger partial charge in [0.1, 0.15) is 6.04 Å². The first-order valence-corrected chi connectivity index (χ1v) is 6.39. The van der Waals surface area contributed by atoms with Crippen LogP contribution in [0, 0.1) is 5.92 Å². The Morgan fingerprint density at radius 2 is 2.15 bits per heavy atom. The SMILES string of the molecule is CC1CSC(=O)[C@@H]2CSCN2C1=O. The predicted molar refractivity (Wildman–Crippen MR) is 54.6 cm³/mol. The molecule has 2 saturated heterocycles. The first-order chi connectivity index (χ1) is 6.20. The fourth-order valence-electron chi connectivity index (χ4n) is 1.51. The van der Waals surface area contributed by atoms with E-state index in [9.17, 15) is 9.59 Å². The Hall–Kier alpha value is -0.160. The number of thioether (sulfide) groups is 2. The van der Waals surface area contributed by atoms with E-state index < -0.39 is 0 Å². The number of amides is 1. The van der Waals surface area contributed by atoms with Crippen molar-refractivity contribution in [2.24, 2.45) is 5.92 Å². The Labute approximate surface area is 85.6 Å². The third-order valence-electron chi connectivity index (χ3n) is 2.33. The van der Waals surface area contributed by atoms with E-state index in [-0.39, 0.29) is 23.0 Å². The van der Waals surface area contributed by atoms with E-state index in [4.69, 9.17) is 0 Å². The molecule has 0 aromatic heterocycles. The summed E-state index contributed by atoms with van der Waals surface area (Å²) in [7, 11) is 0. The van der Waals surface area contributed by atoms with Crippen LogP contribution in [0.5, 0.6) is 0 Å². The lowest BCUT2D eigenvalue weighted by atomic mass is 10.2. The molecule has 72 valence electrons. The molecular formula is C8H11NO2S2. The molecule has 2 atom stereocenters. The maximum absolute atomic E-state index is 11.7. The average Bonchev–Trinajstić information content (AvgIpc) is 2.57. The number of rotatable bonds is 0. The van der Waals surface area contributed by atoms with Gasteiger partial charge in [0.2, 0.25) is 11.0 Å². The van der Waals surface area contributed by atoms with Crippen LogP contribution in [0.25, 0.3) is 0 Å². The van der Waals surface area contributed by atoms with Gasteiger partial charge >= 0.3 is 0 Å². The normalized spacial score (nSPS) is 34.7. The molecule has 2 heterocycles. The highest BCUT2D eigenvalue weighted by Gasteiger charge is 2.39. The van der Waals surface area contributed by atoms with Gasteiger partial charge in [0.15, 0.2) is 0 Å². The van der Waals surface area contributed by atoms with Crippen LogP contribution in [0.2, 0.25) is 0 Å². The van der Waals surface area contributed by atoms with E-state index in [1.54, 1.807) is 16.7 Å². The quantitative estimate of drug-likeness (QED) is 0.601. The van der Waals surface area contributed by atoms with E-state index in [1.807, 2.05) is 6.92 Å². The molecule has 1 amide bonds. The molecular weight excluding hydrogens is 206 g/mol. The number of hydrogen-bond acceptors (Lipinski definition) is 4. The topological polar surface area (TPSA) is 37.4 Å². The largest absolute Gasteiger partial charge is 0.321 e. The number of hydrogen-bond donors (Lipinski definition) is 0. The standard InChI is InChI=1S/C8H11NO2S2/c1-5-2-13-8(11)6-3-12-4-9(6)7(5)10/h5-6H,2-4H2,1H3/t5?,6-/m0/s1. The molecule has 3 nitrogen and oxygen atoms in total. The first kappa shape index (κ1) is 9.40. The maximum Gasteiger partial charge on any atom is 0.227 e. The Morgan fingerprint density at radius 3 is 2.92 bits per heavy atom. The van der Waals surface area contributed by atoms with Crippen LogP contribution in [0.1, 0.15) is 6.92 Å². The van der Waals surface area contributed by atoms with Crippen molar-refractivity contribution >= 4 is 34.5 Å². The van der Waals surface area contributed by atoms with Crippen LogP contribution in [0.4, 0.5) is 0 Å². The summed E-state index contributed by atoms with van der Waals surface area (Å²) in [5.74, 6) is 2.27. The van der Waals surface area contributed by atoms with Gasteiger partial charge in [-0.15, -0.1) is 11.8 Å². The summed E-state index contributed by atoms with van der Waals surface area (Å²) in [6.45, 7) is 1.90. The molecule has 1 unspecified atom stereocenters. The van der Waals surface area contributed by atoms with E-state index in [0.717, 1.165) is 5.75 Å². The minimum Gasteiger partial charge on any atom is -0.321 e. The second-order valence-corrected chi connectivity index (χ2v) is 5.38. The molecule has 2 rings (SSSR count). The third kappa shape index (κ3) is 1.59. The summed E-state index contributed by atoms with van der Waals surface area (Å²) < 4.78 is 0. The third-order valence-corrected chi connectivity index (χ3v) is 4.57.